The lowest BCUT2D eigenvalue weighted by atomic mass is 9.85. The highest BCUT2D eigenvalue weighted by Crippen LogP contribution is 2.37. The lowest BCUT2D eigenvalue weighted by molar-refractivity contribution is -0.147. The van der Waals surface area contributed by atoms with Crippen molar-refractivity contribution in [2.45, 2.75) is 66.5 Å². The van der Waals surface area contributed by atoms with Crippen molar-refractivity contribution in [3.8, 4) is 5.75 Å². The predicted octanol–water partition coefficient (Wildman–Crippen LogP) is 2.95. The van der Waals surface area contributed by atoms with E-state index in [-0.39, 0.29) is 17.6 Å². The van der Waals surface area contributed by atoms with Gasteiger partial charge in [0, 0.05) is 25.7 Å². The minimum atomic E-state index is -4.66. The van der Waals surface area contributed by atoms with Crippen LogP contribution >= 0.6 is 7.82 Å². The number of rotatable bonds is 9. The number of benzene rings is 1. The van der Waals surface area contributed by atoms with Crippen molar-refractivity contribution in [1.82, 2.24) is 15.1 Å². The van der Waals surface area contributed by atoms with E-state index in [1.54, 1.807) is 28.9 Å². The molecule has 0 unspecified atom stereocenters. The van der Waals surface area contributed by atoms with Crippen molar-refractivity contribution in [2.24, 2.45) is 5.41 Å². The summed E-state index contributed by atoms with van der Waals surface area (Å²) in [6, 6.07) is 4.58. The minimum Gasteiger partial charge on any atom is -0.404 e. The SMILES string of the molecule is CCN(CC)C(=O)[C@@H]1CCCN1C(=O)[C@@H](NC(=O)/C=C(\C)c1ccc(OP(=O)(O)O)cc1)C(C)(C)C. The molecule has 11 heteroatoms. The maximum atomic E-state index is 13.6. The first-order chi connectivity index (χ1) is 16.7. The van der Waals surface area contributed by atoms with Gasteiger partial charge in [0.15, 0.2) is 0 Å². The van der Waals surface area contributed by atoms with Crippen molar-refractivity contribution >= 4 is 31.1 Å². The number of nitrogens with one attached hydrogen (secondary N) is 1. The first-order valence-corrected chi connectivity index (χ1v) is 13.6. The Morgan fingerprint density at radius 1 is 1.19 bits per heavy atom. The molecule has 1 fully saturated rings. The normalized spacial score (nSPS) is 17.5. The summed E-state index contributed by atoms with van der Waals surface area (Å²) in [5.41, 5.74) is 0.638. The highest BCUT2D eigenvalue weighted by atomic mass is 31.2. The lowest BCUT2D eigenvalue weighted by Crippen LogP contribution is -2.57. The number of amides is 3. The Hall–Kier alpha value is -2.68. The first-order valence-electron chi connectivity index (χ1n) is 12.1. The van der Waals surface area contributed by atoms with Crippen molar-refractivity contribution < 1.29 is 33.3 Å². The number of phosphoric acid groups is 1. The van der Waals surface area contributed by atoms with Gasteiger partial charge in [0.05, 0.1) is 0 Å². The highest BCUT2D eigenvalue weighted by Gasteiger charge is 2.42. The van der Waals surface area contributed by atoms with Crippen LogP contribution in [0.5, 0.6) is 5.75 Å². The molecule has 10 nitrogen and oxygen atoms in total. The molecule has 0 bridgehead atoms. The summed E-state index contributed by atoms with van der Waals surface area (Å²) in [5.74, 6) is -0.792. The fourth-order valence-corrected chi connectivity index (χ4v) is 4.62. The summed E-state index contributed by atoms with van der Waals surface area (Å²) in [7, 11) is -4.66. The van der Waals surface area contributed by atoms with Crippen LogP contribution in [0.2, 0.25) is 0 Å². The summed E-state index contributed by atoms with van der Waals surface area (Å²) in [4.78, 5) is 60.7. The van der Waals surface area contributed by atoms with E-state index in [0.717, 1.165) is 6.42 Å². The second-order valence-corrected chi connectivity index (χ2v) is 11.1. The zero-order valence-corrected chi connectivity index (χ0v) is 22.7. The molecule has 3 N–H and O–H groups in total. The van der Waals surface area contributed by atoms with Crippen LogP contribution in [0.4, 0.5) is 0 Å². The van der Waals surface area contributed by atoms with E-state index in [1.807, 2.05) is 34.6 Å². The van der Waals surface area contributed by atoms with Gasteiger partial charge in [-0.05, 0) is 62.3 Å². The van der Waals surface area contributed by atoms with E-state index >= 15 is 0 Å². The molecular formula is C25H38N3O7P. The first kappa shape index (κ1) is 29.5. The molecule has 0 spiro atoms. The van der Waals surface area contributed by atoms with Crippen LogP contribution in [0.3, 0.4) is 0 Å². The average molecular weight is 524 g/mol. The van der Waals surface area contributed by atoms with E-state index in [0.29, 0.717) is 37.2 Å². The molecule has 36 heavy (non-hydrogen) atoms. The maximum Gasteiger partial charge on any atom is 0.524 e. The number of carbonyl (C=O) groups is 3. The van der Waals surface area contributed by atoms with E-state index in [9.17, 15) is 18.9 Å². The topological polar surface area (TPSA) is 136 Å². The fourth-order valence-electron chi connectivity index (χ4n) is 4.23. The second kappa shape index (κ2) is 12.0. The quantitative estimate of drug-likeness (QED) is 0.334. The standard InChI is InChI=1S/C25H38N3O7P/c1-7-27(8-2)23(30)20-10-9-15-28(20)24(31)22(25(4,5)6)26-21(29)16-17(3)18-11-13-19(14-12-18)35-36(32,33)34/h11-14,16,20,22H,7-10,15H2,1-6H3,(H,26,29)(H2,32,33,34)/b17-16+/t20-,22+/m0/s1. The number of nitrogens with zero attached hydrogens (tertiary/aromatic N) is 2. The van der Waals surface area contributed by atoms with Crippen LogP contribution in [0, 0.1) is 5.41 Å². The number of likely N-dealkylation sites (tertiary alicyclic amines) is 1. The summed E-state index contributed by atoms with van der Waals surface area (Å²) in [6.07, 6.45) is 2.70. The smallest absolute Gasteiger partial charge is 0.404 e. The molecule has 2 atom stereocenters. The molecule has 200 valence electrons. The zero-order chi connectivity index (χ0) is 27.3. The molecule has 0 aliphatic carbocycles. The second-order valence-electron chi connectivity index (χ2n) is 9.94. The summed E-state index contributed by atoms with van der Waals surface area (Å²) in [6.45, 7) is 12.7. The van der Waals surface area contributed by atoms with Crippen LogP contribution in [0.15, 0.2) is 30.3 Å². The Morgan fingerprint density at radius 2 is 1.78 bits per heavy atom. The van der Waals surface area contributed by atoms with E-state index in [4.69, 9.17) is 9.79 Å². The number of likely N-dealkylation sites (N-methyl/N-ethyl adjacent to an activating group) is 1. The summed E-state index contributed by atoms with van der Waals surface area (Å²) >= 11 is 0. The fraction of sp³-hybridized carbons (Fsp3) is 0.560. The number of carbonyl (C=O) groups excluding carboxylic acids is 3. The maximum absolute atomic E-state index is 13.6. The highest BCUT2D eigenvalue weighted by molar-refractivity contribution is 7.46. The van der Waals surface area contributed by atoms with Crippen LogP contribution < -0.4 is 9.84 Å². The van der Waals surface area contributed by atoms with Crippen molar-refractivity contribution in [2.75, 3.05) is 19.6 Å². The molecule has 1 aromatic rings. The Bertz CT molecular complexity index is 1020. The molecule has 3 amide bonds. The third-order valence-corrected chi connectivity index (χ3v) is 6.63. The van der Waals surface area contributed by atoms with Gasteiger partial charge in [-0.15, -0.1) is 0 Å². The molecule has 0 aromatic heterocycles. The largest absolute Gasteiger partial charge is 0.524 e. The van der Waals surface area contributed by atoms with Gasteiger partial charge in [0.25, 0.3) is 0 Å². The summed E-state index contributed by atoms with van der Waals surface area (Å²) < 4.78 is 15.5. The number of allylic oxidation sites excluding steroid dienone is 1. The minimum absolute atomic E-state index is 0.00199. The van der Waals surface area contributed by atoms with Crippen molar-refractivity contribution in [1.29, 1.82) is 0 Å². The van der Waals surface area contributed by atoms with Crippen molar-refractivity contribution in [3.63, 3.8) is 0 Å². The van der Waals surface area contributed by atoms with E-state index in [2.05, 4.69) is 9.84 Å². The van der Waals surface area contributed by atoms with Crippen LogP contribution in [-0.4, -0.2) is 69.0 Å². The van der Waals surface area contributed by atoms with Gasteiger partial charge in [0.2, 0.25) is 17.7 Å². The van der Waals surface area contributed by atoms with Gasteiger partial charge in [-0.2, -0.15) is 0 Å². The molecule has 1 saturated heterocycles. The molecular weight excluding hydrogens is 485 g/mol. The number of hydrogen-bond acceptors (Lipinski definition) is 5. The number of hydrogen-bond donors (Lipinski definition) is 3. The van der Waals surface area contributed by atoms with Gasteiger partial charge in [-0.1, -0.05) is 32.9 Å². The average Bonchev–Trinajstić information content (AvgIpc) is 3.26. The molecule has 1 aliphatic rings. The predicted molar refractivity (Wildman–Crippen MR) is 137 cm³/mol. The van der Waals surface area contributed by atoms with Gasteiger partial charge in [-0.25, -0.2) is 4.57 Å². The van der Waals surface area contributed by atoms with Crippen molar-refractivity contribution in [3.05, 3.63) is 35.9 Å². The Labute approximate surface area is 212 Å². The van der Waals surface area contributed by atoms with Gasteiger partial charge in [0.1, 0.15) is 17.8 Å². The number of phosphoric ester groups is 1. The van der Waals surface area contributed by atoms with E-state index in [1.165, 1.54) is 18.2 Å². The zero-order valence-electron chi connectivity index (χ0n) is 21.9. The molecule has 2 rings (SSSR count). The van der Waals surface area contributed by atoms with Crippen LogP contribution in [0.25, 0.3) is 5.57 Å². The molecule has 0 radical (unpaired) electrons. The van der Waals surface area contributed by atoms with Gasteiger partial charge < -0.3 is 19.6 Å². The molecule has 1 aliphatic heterocycles. The van der Waals surface area contributed by atoms with E-state index < -0.39 is 31.2 Å². The van der Waals surface area contributed by atoms with Gasteiger partial charge >= 0.3 is 7.82 Å². The van der Waals surface area contributed by atoms with Crippen LogP contribution in [0.1, 0.15) is 59.9 Å². The van der Waals surface area contributed by atoms with Gasteiger partial charge in [-0.3, -0.25) is 24.2 Å². The third-order valence-electron chi connectivity index (χ3n) is 6.18. The summed E-state index contributed by atoms with van der Waals surface area (Å²) in [5, 5.41) is 2.83. The van der Waals surface area contributed by atoms with Crippen LogP contribution in [-0.2, 0) is 18.9 Å². The lowest BCUT2D eigenvalue weighted by Gasteiger charge is -2.36. The third kappa shape index (κ3) is 7.91. The monoisotopic (exact) mass is 523 g/mol. The molecule has 1 heterocycles. The Kier molecular flexibility index (Phi) is 9.88. The Balaban J connectivity index is 2.19. The Morgan fingerprint density at radius 3 is 2.28 bits per heavy atom. The molecule has 1 aromatic carbocycles. The molecule has 0 saturated carbocycles.